The van der Waals surface area contributed by atoms with E-state index in [2.05, 4.69) is 33.4 Å². The van der Waals surface area contributed by atoms with Crippen molar-refractivity contribution in [2.45, 2.75) is 77.5 Å². The molecule has 4 fully saturated rings. The Kier molecular flexibility index (Phi) is 13.6. The van der Waals surface area contributed by atoms with Gasteiger partial charge in [-0.05, 0) is 90.7 Å². The molecule has 13 heteroatoms. The van der Waals surface area contributed by atoms with Gasteiger partial charge in [-0.2, -0.15) is 0 Å². The second kappa shape index (κ2) is 15.9. The zero-order chi connectivity index (χ0) is 30.1. The molecule has 0 radical (unpaired) electrons. The van der Waals surface area contributed by atoms with E-state index in [-0.39, 0.29) is 71.3 Å². The molecule has 2 aromatic rings. The molecule has 4 aliphatic heterocycles. The third-order valence-corrected chi connectivity index (χ3v) is 8.65. The zero-order valence-electron chi connectivity index (χ0n) is 26.9. The van der Waals surface area contributed by atoms with Gasteiger partial charge in [0.1, 0.15) is 11.1 Å². The summed E-state index contributed by atoms with van der Waals surface area (Å²) in [6.45, 7) is 11.9. The Balaban J connectivity index is 0.000000294. The van der Waals surface area contributed by atoms with Gasteiger partial charge in [0.05, 0.1) is 13.1 Å². The van der Waals surface area contributed by atoms with Crippen molar-refractivity contribution < 1.29 is 54.2 Å². The molecule has 11 nitrogen and oxygen atoms in total. The summed E-state index contributed by atoms with van der Waals surface area (Å²) < 4.78 is 0. The van der Waals surface area contributed by atoms with Gasteiger partial charge in [-0.15, -0.1) is 12.4 Å². The number of carbonyl (C=O) groups is 4. The fourth-order valence-corrected chi connectivity index (χ4v) is 6.71. The number of nitrogens with zero attached hydrogens (tertiary/aromatic N) is 2. The fourth-order valence-electron chi connectivity index (χ4n) is 6.71. The maximum absolute atomic E-state index is 12.7. The minimum absolute atomic E-state index is 0. The van der Waals surface area contributed by atoms with Crippen LogP contribution in [0.15, 0.2) is 36.4 Å². The van der Waals surface area contributed by atoms with Gasteiger partial charge in [-0.1, -0.05) is 58.7 Å². The fraction of sp³-hybridized carbons (Fsp3) is 0.500. The summed E-state index contributed by atoms with van der Waals surface area (Å²) in [6, 6.07) is 11.8. The number of aryl methyl sites for hydroxylation is 4. The van der Waals surface area contributed by atoms with E-state index < -0.39 is 11.1 Å². The minimum Gasteiger partial charge on any atom is -0.870 e. The quantitative estimate of drug-likeness (QED) is 0.273. The summed E-state index contributed by atoms with van der Waals surface area (Å²) in [4.78, 5) is 52.5. The number of imide groups is 2. The van der Waals surface area contributed by atoms with E-state index in [9.17, 15) is 19.2 Å². The first kappa shape index (κ1) is 38.7. The van der Waals surface area contributed by atoms with Crippen molar-refractivity contribution in [1.29, 1.82) is 0 Å². The van der Waals surface area contributed by atoms with Gasteiger partial charge in [-0.25, -0.2) is 9.59 Å². The summed E-state index contributed by atoms with van der Waals surface area (Å²) in [7, 11) is 0. The van der Waals surface area contributed by atoms with Gasteiger partial charge in [0.2, 0.25) is 0 Å². The first-order valence-electron chi connectivity index (χ1n) is 14.8. The second-order valence-electron chi connectivity index (χ2n) is 12.3. The van der Waals surface area contributed by atoms with E-state index in [1.165, 1.54) is 9.80 Å². The Labute approximate surface area is 293 Å². The monoisotopic (exact) mass is 650 g/mol. The summed E-state index contributed by atoms with van der Waals surface area (Å²) in [6.07, 6.45) is 2.67. The Hall–Kier alpha value is -2.51. The van der Waals surface area contributed by atoms with Crippen molar-refractivity contribution in [2.24, 2.45) is 0 Å². The number of piperidine rings is 2. The van der Waals surface area contributed by atoms with Crippen LogP contribution in [-0.4, -0.2) is 76.4 Å². The summed E-state index contributed by atoms with van der Waals surface area (Å²) in [5, 5.41) is 12.3. The number of hydrogen-bond acceptors (Lipinski definition) is 7. The van der Waals surface area contributed by atoms with Gasteiger partial charge >= 0.3 is 41.6 Å². The summed E-state index contributed by atoms with van der Waals surface area (Å²) in [5.74, 6) is -0.152. The molecule has 45 heavy (non-hydrogen) atoms. The van der Waals surface area contributed by atoms with E-state index in [0.717, 1.165) is 59.6 Å². The maximum Gasteiger partial charge on any atom is 1.00 e. The van der Waals surface area contributed by atoms with Crippen LogP contribution in [0.5, 0.6) is 0 Å². The number of rotatable bonds is 4. The number of halogens is 1. The SMILES string of the molecule is Cc1cc(C)cc(CN2C(=O)NC3(CCNCC3)C2=O)c1.Cc1cc(C)cc(CN2C(=O)NC3(CCNCC3)C2=O)c1.Cl.[Na+].[OH-]. The number of benzene rings is 2. The first-order valence-corrected chi connectivity index (χ1v) is 14.8. The van der Waals surface area contributed by atoms with Crippen LogP contribution in [0.25, 0.3) is 0 Å². The number of hydrogen-bond donors (Lipinski definition) is 4. The molecule has 0 bridgehead atoms. The molecular formula is C32H44ClN6NaO5. The Morgan fingerprint density at radius 2 is 0.867 bits per heavy atom. The molecule has 0 unspecified atom stereocenters. The van der Waals surface area contributed by atoms with E-state index >= 15 is 0 Å². The number of carbonyl (C=O) groups excluding carboxylic acids is 4. The van der Waals surface area contributed by atoms with Crippen LogP contribution in [0.3, 0.4) is 0 Å². The van der Waals surface area contributed by atoms with Crippen molar-refractivity contribution in [1.82, 2.24) is 31.1 Å². The van der Waals surface area contributed by atoms with Gasteiger partial charge in [0.25, 0.3) is 11.8 Å². The number of amides is 6. The zero-order valence-corrected chi connectivity index (χ0v) is 29.7. The Morgan fingerprint density at radius 1 is 0.578 bits per heavy atom. The van der Waals surface area contributed by atoms with Crippen LogP contribution in [0.4, 0.5) is 9.59 Å². The Morgan fingerprint density at radius 3 is 1.16 bits per heavy atom. The predicted molar refractivity (Wildman–Crippen MR) is 169 cm³/mol. The summed E-state index contributed by atoms with van der Waals surface area (Å²) in [5.41, 5.74) is 5.23. The van der Waals surface area contributed by atoms with Crippen molar-refractivity contribution >= 4 is 36.3 Å². The molecule has 5 N–H and O–H groups in total. The van der Waals surface area contributed by atoms with Crippen molar-refractivity contribution in [2.75, 3.05) is 26.2 Å². The van der Waals surface area contributed by atoms with Gasteiger partial charge in [0, 0.05) is 0 Å². The van der Waals surface area contributed by atoms with Crippen molar-refractivity contribution in [3.05, 3.63) is 69.8 Å². The van der Waals surface area contributed by atoms with Crippen LogP contribution in [0.2, 0.25) is 0 Å². The molecule has 2 spiro atoms. The summed E-state index contributed by atoms with van der Waals surface area (Å²) >= 11 is 0. The third kappa shape index (κ3) is 8.45. The molecule has 4 saturated heterocycles. The van der Waals surface area contributed by atoms with Crippen LogP contribution in [-0.2, 0) is 22.7 Å². The Bertz CT molecular complexity index is 1260. The first-order chi connectivity index (χ1) is 20.0. The normalized spacial score (nSPS) is 19.6. The van der Waals surface area contributed by atoms with E-state index in [1.807, 2.05) is 52.0 Å². The molecule has 0 atom stereocenters. The maximum atomic E-state index is 12.7. The van der Waals surface area contributed by atoms with Gasteiger partial charge < -0.3 is 26.7 Å². The molecular weight excluding hydrogens is 607 g/mol. The minimum atomic E-state index is -0.679. The molecule has 6 amide bonds. The molecule has 4 aliphatic rings. The van der Waals surface area contributed by atoms with Crippen LogP contribution in [0, 0.1) is 27.7 Å². The van der Waals surface area contributed by atoms with E-state index in [4.69, 9.17) is 0 Å². The van der Waals surface area contributed by atoms with Gasteiger partial charge in [0.15, 0.2) is 0 Å². The predicted octanol–water partition coefficient (Wildman–Crippen LogP) is 0.204. The molecule has 2 aromatic carbocycles. The molecule has 0 saturated carbocycles. The molecule has 4 heterocycles. The molecule has 0 aliphatic carbocycles. The van der Waals surface area contributed by atoms with Gasteiger partial charge in [-0.3, -0.25) is 19.4 Å². The van der Waals surface area contributed by atoms with Crippen molar-refractivity contribution in [3.63, 3.8) is 0 Å². The van der Waals surface area contributed by atoms with Crippen LogP contribution >= 0.6 is 12.4 Å². The number of urea groups is 2. The smallest absolute Gasteiger partial charge is 0.870 e. The third-order valence-electron chi connectivity index (χ3n) is 8.65. The molecule has 240 valence electrons. The molecule has 0 aromatic heterocycles. The average Bonchev–Trinajstić information content (AvgIpc) is 3.28. The second-order valence-corrected chi connectivity index (χ2v) is 12.3. The van der Waals surface area contributed by atoms with E-state index in [0.29, 0.717) is 38.8 Å². The average molecular weight is 651 g/mol. The van der Waals surface area contributed by atoms with E-state index in [1.54, 1.807) is 0 Å². The standard InChI is InChI=1S/2C16H21N3O2.ClH.Na.H2O/c2*1-11-7-12(2)9-13(8-11)10-19-14(20)16(18-15(19)21)3-5-17-6-4-16;;;/h2*7-9,17H,3-6,10H2,1-2H3,(H,18,21);1H;;1H2/q;;;+1;/p-1. The number of nitrogens with one attached hydrogen (secondary N) is 4. The van der Waals surface area contributed by atoms with Crippen LogP contribution < -0.4 is 50.8 Å². The topological polar surface area (TPSA) is 153 Å². The van der Waals surface area contributed by atoms with Crippen LogP contribution in [0.1, 0.15) is 59.1 Å². The van der Waals surface area contributed by atoms with Crippen molar-refractivity contribution in [3.8, 4) is 0 Å². The molecule has 6 rings (SSSR count). The largest absolute Gasteiger partial charge is 1.00 e.